The van der Waals surface area contributed by atoms with Crippen LogP contribution in [-0.2, 0) is 16.0 Å². The Morgan fingerprint density at radius 1 is 1.09 bits per heavy atom. The molecule has 0 radical (unpaired) electrons. The number of nitrogens with one attached hydrogen (secondary N) is 2. The van der Waals surface area contributed by atoms with Gasteiger partial charge in [-0.2, -0.15) is 0 Å². The van der Waals surface area contributed by atoms with Gasteiger partial charge in [0.1, 0.15) is 0 Å². The third-order valence-corrected chi connectivity index (χ3v) is 5.94. The predicted molar refractivity (Wildman–Crippen MR) is 135 cm³/mol. The van der Waals surface area contributed by atoms with Gasteiger partial charge in [-0.05, 0) is 81.7 Å². The largest absolute Gasteiger partial charge is 0.459 e. The van der Waals surface area contributed by atoms with E-state index in [1.165, 1.54) is 5.56 Å². The van der Waals surface area contributed by atoms with Crippen molar-refractivity contribution in [1.29, 1.82) is 0 Å². The van der Waals surface area contributed by atoms with Crippen LogP contribution in [0.2, 0.25) is 0 Å². The fourth-order valence-corrected chi connectivity index (χ4v) is 4.19. The van der Waals surface area contributed by atoms with E-state index in [0.717, 1.165) is 17.7 Å². The fraction of sp³-hybridized carbons (Fsp3) is 0.346. The summed E-state index contributed by atoms with van der Waals surface area (Å²) in [5.74, 6) is -0.535. The molecule has 2 aromatic carbocycles. The summed E-state index contributed by atoms with van der Waals surface area (Å²) in [7, 11) is 0. The average Bonchev–Trinajstić information content (AvgIpc) is 2.79. The number of thiocarbonyl (C=S) groups is 1. The van der Waals surface area contributed by atoms with Crippen molar-refractivity contribution in [2.24, 2.45) is 0 Å². The van der Waals surface area contributed by atoms with Gasteiger partial charge < -0.3 is 20.3 Å². The molecule has 2 N–H and O–H groups in total. The standard InChI is InChI=1S/C26H31N3O3S/c1-6-18-8-10-20(11-9-18)24(30)27-21-14-12-19(13-15-21)23-22(25(31)32-16(3)4)17(5)29(7-2)26(33)28-23/h8-16,23H,6-7H2,1-5H3,(H,27,30)(H,28,33)/t23-/m0/s1. The molecule has 2 aromatic rings. The number of carbonyl (C=O) groups excluding carboxylic acids is 2. The van der Waals surface area contributed by atoms with Crippen LogP contribution in [0.3, 0.4) is 0 Å². The van der Waals surface area contributed by atoms with Crippen molar-refractivity contribution >= 4 is 34.9 Å². The highest BCUT2D eigenvalue weighted by Crippen LogP contribution is 2.32. The lowest BCUT2D eigenvalue weighted by molar-refractivity contribution is -0.143. The number of hydrogen-bond acceptors (Lipinski definition) is 4. The highest BCUT2D eigenvalue weighted by Gasteiger charge is 2.34. The highest BCUT2D eigenvalue weighted by molar-refractivity contribution is 7.80. The number of hydrogen-bond donors (Lipinski definition) is 2. The number of ether oxygens (including phenoxy) is 1. The average molecular weight is 466 g/mol. The molecule has 7 heteroatoms. The van der Waals surface area contributed by atoms with Crippen LogP contribution in [0.25, 0.3) is 0 Å². The maximum atomic E-state index is 12.9. The smallest absolute Gasteiger partial charge is 0.338 e. The first-order chi connectivity index (χ1) is 15.7. The Morgan fingerprint density at radius 2 is 1.73 bits per heavy atom. The Bertz CT molecular complexity index is 1060. The molecule has 0 saturated carbocycles. The topological polar surface area (TPSA) is 70.7 Å². The fourth-order valence-electron chi connectivity index (χ4n) is 3.81. The first kappa shape index (κ1) is 24.5. The number of allylic oxidation sites excluding steroid dienone is 1. The Morgan fingerprint density at radius 3 is 2.27 bits per heavy atom. The number of rotatable bonds is 7. The van der Waals surface area contributed by atoms with Gasteiger partial charge in [-0.25, -0.2) is 4.79 Å². The monoisotopic (exact) mass is 465 g/mol. The van der Waals surface area contributed by atoms with Crippen molar-refractivity contribution in [2.75, 3.05) is 11.9 Å². The maximum Gasteiger partial charge on any atom is 0.338 e. The van der Waals surface area contributed by atoms with Crippen LogP contribution in [0.15, 0.2) is 59.8 Å². The number of amides is 1. The number of aryl methyl sites for hydroxylation is 1. The van der Waals surface area contributed by atoms with Crippen molar-refractivity contribution in [3.8, 4) is 0 Å². The van der Waals surface area contributed by atoms with Crippen molar-refractivity contribution in [1.82, 2.24) is 10.2 Å². The molecule has 1 amide bonds. The molecule has 0 bridgehead atoms. The van der Waals surface area contributed by atoms with Crippen molar-refractivity contribution in [3.63, 3.8) is 0 Å². The molecule has 1 atom stereocenters. The van der Waals surface area contributed by atoms with Crippen LogP contribution in [0, 0.1) is 0 Å². The van der Waals surface area contributed by atoms with Gasteiger partial charge in [0.05, 0.1) is 17.7 Å². The Kier molecular flexibility index (Phi) is 7.87. The van der Waals surface area contributed by atoms with Crippen molar-refractivity contribution in [3.05, 3.63) is 76.5 Å². The Labute approximate surface area is 201 Å². The minimum Gasteiger partial charge on any atom is -0.459 e. The second kappa shape index (κ2) is 10.6. The summed E-state index contributed by atoms with van der Waals surface area (Å²) >= 11 is 5.53. The SMILES string of the molecule is CCc1ccc(C(=O)Nc2ccc([C@@H]3NC(=S)N(CC)C(C)=C3C(=O)OC(C)C)cc2)cc1. The molecular weight excluding hydrogens is 434 g/mol. The van der Waals surface area contributed by atoms with Crippen LogP contribution in [0.1, 0.15) is 62.1 Å². The Balaban J connectivity index is 1.83. The summed E-state index contributed by atoms with van der Waals surface area (Å²) in [6.07, 6.45) is 0.699. The van der Waals surface area contributed by atoms with Gasteiger partial charge in [0.25, 0.3) is 5.91 Å². The molecule has 0 fully saturated rings. The third-order valence-electron chi connectivity index (χ3n) is 5.60. The Hall–Kier alpha value is -3.19. The number of carbonyl (C=O) groups is 2. The highest BCUT2D eigenvalue weighted by atomic mass is 32.1. The number of anilines is 1. The van der Waals surface area contributed by atoms with Gasteiger partial charge in [0, 0.05) is 23.5 Å². The quantitative estimate of drug-likeness (QED) is 0.444. The van der Waals surface area contributed by atoms with Gasteiger partial charge >= 0.3 is 5.97 Å². The lowest BCUT2D eigenvalue weighted by atomic mass is 9.94. The summed E-state index contributed by atoms with van der Waals surface area (Å²) in [4.78, 5) is 27.4. The van der Waals surface area contributed by atoms with Crippen molar-refractivity contribution < 1.29 is 14.3 Å². The molecule has 33 heavy (non-hydrogen) atoms. The van der Waals surface area contributed by atoms with E-state index in [-0.39, 0.29) is 18.0 Å². The van der Waals surface area contributed by atoms with E-state index >= 15 is 0 Å². The van der Waals surface area contributed by atoms with E-state index in [1.807, 2.05) is 81.1 Å². The number of benzene rings is 2. The minimum atomic E-state index is -0.433. The lowest BCUT2D eigenvalue weighted by Crippen LogP contribution is -2.47. The van der Waals surface area contributed by atoms with E-state index in [1.54, 1.807) is 0 Å². The van der Waals surface area contributed by atoms with Gasteiger partial charge in [-0.3, -0.25) is 4.79 Å². The molecule has 0 unspecified atom stereocenters. The summed E-state index contributed by atoms with van der Waals surface area (Å²) in [5.41, 5.74) is 4.63. The predicted octanol–water partition coefficient (Wildman–Crippen LogP) is 4.98. The molecule has 3 rings (SSSR count). The molecule has 1 heterocycles. The van der Waals surface area contributed by atoms with Gasteiger partial charge in [0.15, 0.2) is 5.11 Å². The van der Waals surface area contributed by atoms with Gasteiger partial charge in [0.2, 0.25) is 0 Å². The van der Waals surface area contributed by atoms with E-state index in [2.05, 4.69) is 17.6 Å². The summed E-state index contributed by atoms with van der Waals surface area (Å²) in [6, 6.07) is 14.6. The van der Waals surface area contributed by atoms with Crippen LogP contribution in [0.4, 0.5) is 5.69 Å². The molecule has 1 aliphatic rings. The summed E-state index contributed by atoms with van der Waals surface area (Å²) in [6.45, 7) is 10.3. The second-order valence-corrected chi connectivity index (χ2v) is 8.59. The number of nitrogens with zero attached hydrogens (tertiary/aromatic N) is 1. The zero-order chi connectivity index (χ0) is 24.1. The molecule has 174 valence electrons. The van der Waals surface area contributed by atoms with E-state index in [0.29, 0.717) is 28.5 Å². The first-order valence-electron chi connectivity index (χ1n) is 11.2. The third kappa shape index (κ3) is 5.60. The van der Waals surface area contributed by atoms with E-state index in [9.17, 15) is 9.59 Å². The molecule has 0 spiro atoms. The zero-order valence-electron chi connectivity index (χ0n) is 19.8. The summed E-state index contributed by atoms with van der Waals surface area (Å²) < 4.78 is 5.52. The van der Waals surface area contributed by atoms with Crippen LogP contribution in [0.5, 0.6) is 0 Å². The molecule has 0 aliphatic carbocycles. The second-order valence-electron chi connectivity index (χ2n) is 8.21. The normalized spacial score (nSPS) is 16.0. The van der Waals surface area contributed by atoms with Gasteiger partial charge in [-0.1, -0.05) is 31.2 Å². The van der Waals surface area contributed by atoms with Crippen LogP contribution in [-0.4, -0.2) is 34.5 Å². The zero-order valence-corrected chi connectivity index (χ0v) is 20.6. The molecule has 0 saturated heterocycles. The first-order valence-corrected chi connectivity index (χ1v) is 11.7. The molecule has 0 aromatic heterocycles. The minimum absolute atomic E-state index is 0.169. The number of esters is 1. The summed E-state index contributed by atoms with van der Waals surface area (Å²) in [5, 5.41) is 6.76. The van der Waals surface area contributed by atoms with Crippen LogP contribution < -0.4 is 10.6 Å². The lowest BCUT2D eigenvalue weighted by Gasteiger charge is -2.37. The molecule has 6 nitrogen and oxygen atoms in total. The van der Waals surface area contributed by atoms with Crippen LogP contribution >= 0.6 is 12.2 Å². The van der Waals surface area contributed by atoms with Crippen molar-refractivity contribution in [2.45, 2.75) is 53.2 Å². The van der Waals surface area contributed by atoms with E-state index < -0.39 is 6.04 Å². The molecular formula is C26H31N3O3S. The maximum absolute atomic E-state index is 12.9. The molecule has 1 aliphatic heterocycles. The van der Waals surface area contributed by atoms with Gasteiger partial charge in [-0.15, -0.1) is 0 Å². The van der Waals surface area contributed by atoms with E-state index in [4.69, 9.17) is 17.0 Å².